The average Bonchev–Trinajstić information content (AvgIpc) is 3.61. The molecule has 4 aromatic heterocycles. The minimum absolute atomic E-state index is 0.109. The normalized spacial score (nSPS) is 15.8. The van der Waals surface area contributed by atoms with E-state index in [9.17, 15) is 4.79 Å². The SMILES string of the molecule is CC(C)n1ncc2c(C(=O)NC[C@H](c3cccs3)N3CCOCC3)cc(-c3ccco3)nc21. The Balaban J connectivity index is 1.46. The Morgan fingerprint density at radius 2 is 2.09 bits per heavy atom. The fourth-order valence-electron chi connectivity index (χ4n) is 4.20. The van der Waals surface area contributed by atoms with Crippen molar-refractivity contribution >= 4 is 28.3 Å². The number of carbonyl (C=O) groups is 1. The van der Waals surface area contributed by atoms with Crippen LogP contribution in [0.4, 0.5) is 0 Å². The van der Waals surface area contributed by atoms with Gasteiger partial charge >= 0.3 is 0 Å². The number of ether oxygens (including phenoxy) is 1. The third-order valence-corrected chi connectivity index (χ3v) is 6.86. The summed E-state index contributed by atoms with van der Waals surface area (Å²) in [7, 11) is 0. The molecule has 0 bridgehead atoms. The molecule has 0 radical (unpaired) electrons. The summed E-state index contributed by atoms with van der Waals surface area (Å²) in [4.78, 5) is 21.8. The van der Waals surface area contributed by atoms with Crippen LogP contribution in [0.5, 0.6) is 0 Å². The molecule has 0 saturated carbocycles. The number of rotatable bonds is 7. The molecule has 33 heavy (non-hydrogen) atoms. The van der Waals surface area contributed by atoms with E-state index in [1.165, 1.54) is 4.88 Å². The maximum atomic E-state index is 13.5. The number of fused-ring (bicyclic) bond motifs is 1. The zero-order valence-electron chi connectivity index (χ0n) is 18.7. The van der Waals surface area contributed by atoms with Gasteiger partial charge in [-0.05, 0) is 43.5 Å². The van der Waals surface area contributed by atoms with Gasteiger partial charge in [-0.15, -0.1) is 11.3 Å². The van der Waals surface area contributed by atoms with Gasteiger partial charge in [-0.2, -0.15) is 5.10 Å². The highest BCUT2D eigenvalue weighted by molar-refractivity contribution is 7.10. The minimum Gasteiger partial charge on any atom is -0.463 e. The Labute approximate surface area is 196 Å². The lowest BCUT2D eigenvalue weighted by Gasteiger charge is -2.34. The maximum absolute atomic E-state index is 13.5. The lowest BCUT2D eigenvalue weighted by atomic mass is 10.1. The smallest absolute Gasteiger partial charge is 0.252 e. The van der Waals surface area contributed by atoms with E-state index in [0.29, 0.717) is 42.4 Å². The number of aromatic nitrogens is 3. The van der Waals surface area contributed by atoms with Crippen LogP contribution in [0.25, 0.3) is 22.5 Å². The molecule has 1 atom stereocenters. The molecular weight excluding hydrogens is 438 g/mol. The van der Waals surface area contributed by atoms with E-state index in [4.69, 9.17) is 14.1 Å². The standard InChI is InChI=1S/C24H27N5O3S/c1-16(2)29-23-18(14-26-29)17(13-19(27-23)21-5-3-9-32-21)24(30)25-15-20(22-6-4-12-33-22)28-7-10-31-11-8-28/h3-6,9,12-14,16,20H,7-8,10-11,15H2,1-2H3,(H,25,30)/t20-/m1/s1. The van der Waals surface area contributed by atoms with Crippen molar-refractivity contribution in [3.63, 3.8) is 0 Å². The fourth-order valence-corrected chi connectivity index (χ4v) is 5.06. The lowest BCUT2D eigenvalue weighted by molar-refractivity contribution is 0.0169. The summed E-state index contributed by atoms with van der Waals surface area (Å²) in [6, 6.07) is 9.85. The van der Waals surface area contributed by atoms with Crippen molar-refractivity contribution < 1.29 is 13.9 Å². The zero-order chi connectivity index (χ0) is 22.8. The minimum atomic E-state index is -0.145. The summed E-state index contributed by atoms with van der Waals surface area (Å²) in [6.45, 7) is 7.72. The number of hydrogen-bond donors (Lipinski definition) is 1. The van der Waals surface area contributed by atoms with E-state index in [1.807, 2.05) is 30.7 Å². The van der Waals surface area contributed by atoms with Crippen LogP contribution in [0, 0.1) is 0 Å². The topological polar surface area (TPSA) is 85.4 Å². The Morgan fingerprint density at radius 1 is 1.24 bits per heavy atom. The molecule has 0 spiro atoms. The lowest BCUT2D eigenvalue weighted by Crippen LogP contribution is -2.43. The maximum Gasteiger partial charge on any atom is 0.252 e. The highest BCUT2D eigenvalue weighted by Gasteiger charge is 2.25. The molecule has 0 aliphatic carbocycles. The Morgan fingerprint density at radius 3 is 2.79 bits per heavy atom. The number of thiophene rings is 1. The summed E-state index contributed by atoms with van der Waals surface area (Å²) in [5.41, 5.74) is 1.83. The molecule has 0 aromatic carbocycles. The van der Waals surface area contributed by atoms with E-state index in [2.05, 4.69) is 32.8 Å². The van der Waals surface area contributed by atoms with Crippen LogP contribution in [0.15, 0.2) is 52.6 Å². The number of morpholine rings is 1. The molecule has 1 N–H and O–H groups in total. The van der Waals surface area contributed by atoms with Gasteiger partial charge in [-0.25, -0.2) is 9.67 Å². The number of furan rings is 1. The second kappa shape index (κ2) is 9.46. The summed E-state index contributed by atoms with van der Waals surface area (Å²) in [5.74, 6) is 0.473. The monoisotopic (exact) mass is 465 g/mol. The number of nitrogens with one attached hydrogen (secondary N) is 1. The second-order valence-electron chi connectivity index (χ2n) is 8.34. The molecule has 1 saturated heterocycles. The van der Waals surface area contributed by atoms with Crippen molar-refractivity contribution in [2.24, 2.45) is 0 Å². The van der Waals surface area contributed by atoms with Gasteiger partial charge in [0, 0.05) is 30.6 Å². The fraction of sp³-hybridized carbons (Fsp3) is 0.375. The summed E-state index contributed by atoms with van der Waals surface area (Å²) >= 11 is 1.71. The molecule has 172 valence electrons. The summed E-state index contributed by atoms with van der Waals surface area (Å²) < 4.78 is 12.9. The van der Waals surface area contributed by atoms with Gasteiger partial charge < -0.3 is 14.5 Å². The number of pyridine rings is 1. The van der Waals surface area contributed by atoms with Gasteiger partial charge in [0.2, 0.25) is 0 Å². The Kier molecular flexibility index (Phi) is 6.26. The van der Waals surface area contributed by atoms with E-state index in [1.54, 1.807) is 29.9 Å². The van der Waals surface area contributed by atoms with Crippen molar-refractivity contribution in [3.05, 3.63) is 58.6 Å². The molecule has 0 unspecified atom stereocenters. The van der Waals surface area contributed by atoms with Crippen LogP contribution in [-0.4, -0.2) is 58.4 Å². The number of hydrogen-bond acceptors (Lipinski definition) is 7. The molecule has 1 fully saturated rings. The third kappa shape index (κ3) is 4.44. The first-order valence-electron chi connectivity index (χ1n) is 11.2. The van der Waals surface area contributed by atoms with Gasteiger partial charge in [0.25, 0.3) is 5.91 Å². The van der Waals surface area contributed by atoms with Gasteiger partial charge in [0.1, 0.15) is 5.69 Å². The first-order valence-corrected chi connectivity index (χ1v) is 12.1. The second-order valence-corrected chi connectivity index (χ2v) is 9.32. The van der Waals surface area contributed by atoms with Crippen LogP contribution < -0.4 is 5.32 Å². The largest absolute Gasteiger partial charge is 0.463 e. The first-order chi connectivity index (χ1) is 16.1. The quantitative estimate of drug-likeness (QED) is 0.442. The van der Waals surface area contributed by atoms with Crippen LogP contribution >= 0.6 is 11.3 Å². The molecule has 1 amide bonds. The molecule has 1 aliphatic heterocycles. The first kappa shape index (κ1) is 21.8. The van der Waals surface area contributed by atoms with Crippen molar-refractivity contribution in [1.82, 2.24) is 25.0 Å². The average molecular weight is 466 g/mol. The van der Waals surface area contributed by atoms with Crippen LogP contribution in [0.3, 0.4) is 0 Å². The van der Waals surface area contributed by atoms with Crippen LogP contribution in [-0.2, 0) is 4.74 Å². The van der Waals surface area contributed by atoms with E-state index >= 15 is 0 Å². The predicted molar refractivity (Wildman–Crippen MR) is 127 cm³/mol. The van der Waals surface area contributed by atoms with Crippen LogP contribution in [0.2, 0.25) is 0 Å². The highest BCUT2D eigenvalue weighted by atomic mass is 32.1. The van der Waals surface area contributed by atoms with Crippen LogP contribution in [0.1, 0.15) is 41.2 Å². The van der Waals surface area contributed by atoms with Crippen molar-refractivity contribution in [2.45, 2.75) is 25.9 Å². The van der Waals surface area contributed by atoms with Gasteiger partial charge in [-0.1, -0.05) is 6.07 Å². The Bertz CT molecular complexity index is 1210. The third-order valence-electron chi connectivity index (χ3n) is 5.89. The van der Waals surface area contributed by atoms with Gasteiger partial charge in [0.15, 0.2) is 11.4 Å². The number of carbonyl (C=O) groups excluding carboxylic acids is 1. The molecule has 1 aliphatic rings. The zero-order valence-corrected chi connectivity index (χ0v) is 19.5. The summed E-state index contributed by atoms with van der Waals surface area (Å²) in [5, 5.41) is 10.5. The molecule has 4 aromatic rings. The van der Waals surface area contributed by atoms with Gasteiger partial charge in [-0.3, -0.25) is 9.69 Å². The molecule has 8 nitrogen and oxygen atoms in total. The molecular formula is C24H27N5O3S. The predicted octanol–water partition coefficient (Wildman–Crippen LogP) is 4.14. The number of nitrogens with zero attached hydrogens (tertiary/aromatic N) is 4. The van der Waals surface area contributed by atoms with Gasteiger partial charge in [0.05, 0.1) is 42.7 Å². The molecule has 5 heterocycles. The van der Waals surface area contributed by atoms with Crippen molar-refractivity contribution in [2.75, 3.05) is 32.8 Å². The van der Waals surface area contributed by atoms with E-state index < -0.39 is 0 Å². The highest BCUT2D eigenvalue weighted by Crippen LogP contribution is 2.28. The van der Waals surface area contributed by atoms with Crippen molar-refractivity contribution in [1.29, 1.82) is 0 Å². The Hall–Kier alpha value is -3.01. The number of amides is 1. The van der Waals surface area contributed by atoms with E-state index in [-0.39, 0.29) is 18.0 Å². The summed E-state index contributed by atoms with van der Waals surface area (Å²) in [6.07, 6.45) is 3.33. The van der Waals surface area contributed by atoms with Crippen molar-refractivity contribution in [3.8, 4) is 11.5 Å². The van der Waals surface area contributed by atoms with E-state index in [0.717, 1.165) is 18.5 Å². The molecule has 9 heteroatoms. The molecule has 5 rings (SSSR count).